The number of hydrogen-bond acceptors (Lipinski definition) is 3. The van der Waals surface area contributed by atoms with E-state index in [4.69, 9.17) is 0 Å². The van der Waals surface area contributed by atoms with Crippen molar-refractivity contribution in [3.63, 3.8) is 0 Å². The maximum Gasteiger partial charge on any atom is 0.316 e. The number of hydrogen-bond donors (Lipinski definition) is 4. The molecule has 216 valence electrons. The number of phenols is 1. The number of urea groups is 1. The Hall–Kier alpha value is -3.02. The summed E-state index contributed by atoms with van der Waals surface area (Å²) in [5.41, 5.74) is 2.44. The van der Waals surface area contributed by atoms with Crippen LogP contribution in [0, 0.1) is 0 Å². The standard InChI is InChI=1S/C33H51N3O3/c1-2-3-4-5-6-7-8-9-10-11-12-13-14-15-16-17-26-34-33(39)36-27-35-32(38)30-20-18-28(19-21-30)29-22-24-31(37)25-23-29/h18-25,37H,2-17,26-27H2,1H3,(H,35,38)(H2,34,36,39). The highest BCUT2D eigenvalue weighted by Crippen LogP contribution is 2.22. The third-order valence-electron chi connectivity index (χ3n) is 7.16. The molecule has 0 atom stereocenters. The fourth-order valence-electron chi connectivity index (χ4n) is 4.71. The van der Waals surface area contributed by atoms with Gasteiger partial charge < -0.3 is 21.1 Å². The lowest BCUT2D eigenvalue weighted by Crippen LogP contribution is -2.42. The lowest BCUT2D eigenvalue weighted by molar-refractivity contribution is 0.0952. The molecule has 0 aliphatic carbocycles. The van der Waals surface area contributed by atoms with Gasteiger partial charge in [0.15, 0.2) is 0 Å². The van der Waals surface area contributed by atoms with Crippen LogP contribution in [0.15, 0.2) is 48.5 Å². The van der Waals surface area contributed by atoms with Crippen molar-refractivity contribution in [3.05, 3.63) is 54.1 Å². The largest absolute Gasteiger partial charge is 0.508 e. The number of rotatable bonds is 21. The summed E-state index contributed by atoms with van der Waals surface area (Å²) in [5, 5.41) is 17.7. The van der Waals surface area contributed by atoms with Crippen LogP contribution in [0.3, 0.4) is 0 Å². The van der Waals surface area contributed by atoms with Gasteiger partial charge in [0, 0.05) is 12.1 Å². The molecular weight excluding hydrogens is 486 g/mol. The first kappa shape index (κ1) is 32.2. The van der Waals surface area contributed by atoms with E-state index in [9.17, 15) is 14.7 Å². The van der Waals surface area contributed by atoms with Crippen molar-refractivity contribution >= 4 is 11.9 Å². The van der Waals surface area contributed by atoms with Gasteiger partial charge in [-0.1, -0.05) is 128 Å². The van der Waals surface area contributed by atoms with Crippen LogP contribution in [0.5, 0.6) is 5.75 Å². The first-order valence-corrected chi connectivity index (χ1v) is 15.3. The minimum Gasteiger partial charge on any atom is -0.508 e. The van der Waals surface area contributed by atoms with Crippen LogP contribution < -0.4 is 16.0 Å². The third-order valence-corrected chi connectivity index (χ3v) is 7.16. The van der Waals surface area contributed by atoms with Gasteiger partial charge in [-0.15, -0.1) is 0 Å². The van der Waals surface area contributed by atoms with Crippen molar-refractivity contribution in [3.8, 4) is 16.9 Å². The lowest BCUT2D eigenvalue weighted by atomic mass is 10.0. The van der Waals surface area contributed by atoms with Gasteiger partial charge in [0.2, 0.25) is 0 Å². The highest BCUT2D eigenvalue weighted by atomic mass is 16.3. The summed E-state index contributed by atoms with van der Waals surface area (Å²) >= 11 is 0. The van der Waals surface area contributed by atoms with Crippen LogP contribution in [0.4, 0.5) is 4.79 Å². The summed E-state index contributed by atoms with van der Waals surface area (Å²) in [7, 11) is 0. The van der Waals surface area contributed by atoms with Crippen molar-refractivity contribution < 1.29 is 14.7 Å². The SMILES string of the molecule is CCCCCCCCCCCCCCCCCCNC(=O)NCNC(=O)c1ccc(-c2ccc(O)cc2)cc1. The molecule has 4 N–H and O–H groups in total. The van der Waals surface area contributed by atoms with E-state index in [1.54, 1.807) is 24.3 Å². The summed E-state index contributed by atoms with van der Waals surface area (Å²) in [6.07, 6.45) is 21.3. The van der Waals surface area contributed by atoms with Gasteiger partial charge in [0.1, 0.15) is 5.75 Å². The molecule has 0 aliphatic heterocycles. The number of phenolic OH excluding ortho intramolecular Hbond substituents is 1. The molecule has 2 aromatic rings. The Morgan fingerprint density at radius 1 is 0.564 bits per heavy atom. The molecule has 0 aliphatic rings. The van der Waals surface area contributed by atoms with E-state index < -0.39 is 0 Å². The number of amides is 3. The maximum absolute atomic E-state index is 12.3. The second kappa shape index (κ2) is 20.9. The van der Waals surface area contributed by atoms with Crippen LogP contribution in [0.1, 0.15) is 120 Å². The summed E-state index contributed by atoms with van der Waals surface area (Å²) in [5.74, 6) is -0.0262. The molecular formula is C33H51N3O3. The molecule has 39 heavy (non-hydrogen) atoms. The van der Waals surface area contributed by atoms with E-state index in [0.29, 0.717) is 12.1 Å². The molecule has 3 amide bonds. The fourth-order valence-corrected chi connectivity index (χ4v) is 4.71. The van der Waals surface area contributed by atoms with Gasteiger partial charge in [-0.2, -0.15) is 0 Å². The van der Waals surface area contributed by atoms with Crippen LogP contribution in [-0.2, 0) is 0 Å². The molecule has 6 nitrogen and oxygen atoms in total. The average Bonchev–Trinajstić information content (AvgIpc) is 2.95. The van der Waals surface area contributed by atoms with E-state index in [0.717, 1.165) is 24.0 Å². The molecule has 0 unspecified atom stereocenters. The molecule has 0 saturated heterocycles. The molecule has 0 bridgehead atoms. The Morgan fingerprint density at radius 3 is 1.49 bits per heavy atom. The van der Waals surface area contributed by atoms with Crippen molar-refractivity contribution in [1.82, 2.24) is 16.0 Å². The van der Waals surface area contributed by atoms with Crippen molar-refractivity contribution in [2.24, 2.45) is 0 Å². The van der Waals surface area contributed by atoms with Gasteiger partial charge in [-0.25, -0.2) is 4.79 Å². The molecule has 0 radical (unpaired) electrons. The molecule has 0 heterocycles. The quantitative estimate of drug-likeness (QED) is 0.0953. The summed E-state index contributed by atoms with van der Waals surface area (Å²) in [6, 6.07) is 13.9. The Bertz CT molecular complexity index is 913. The summed E-state index contributed by atoms with van der Waals surface area (Å²) < 4.78 is 0. The predicted octanol–water partition coefficient (Wildman–Crippen LogP) is 8.31. The zero-order valence-corrected chi connectivity index (χ0v) is 24.1. The van der Waals surface area contributed by atoms with Crippen LogP contribution in [-0.4, -0.2) is 30.3 Å². The van der Waals surface area contributed by atoms with Crippen molar-refractivity contribution in [1.29, 1.82) is 0 Å². The second-order valence-electron chi connectivity index (χ2n) is 10.5. The Morgan fingerprint density at radius 2 is 1.00 bits per heavy atom. The monoisotopic (exact) mass is 537 g/mol. The zero-order valence-electron chi connectivity index (χ0n) is 24.1. The van der Waals surface area contributed by atoms with Gasteiger partial charge in [-0.05, 0) is 41.8 Å². The molecule has 2 aromatic carbocycles. The van der Waals surface area contributed by atoms with E-state index in [1.165, 1.54) is 89.9 Å². The topological polar surface area (TPSA) is 90.5 Å². The van der Waals surface area contributed by atoms with Gasteiger partial charge >= 0.3 is 6.03 Å². The molecule has 2 rings (SSSR count). The zero-order chi connectivity index (χ0) is 28.0. The normalized spacial score (nSPS) is 10.8. The average molecular weight is 538 g/mol. The predicted molar refractivity (Wildman–Crippen MR) is 162 cm³/mol. The van der Waals surface area contributed by atoms with E-state index in [-0.39, 0.29) is 24.4 Å². The highest BCUT2D eigenvalue weighted by molar-refractivity contribution is 5.94. The molecule has 6 heteroatoms. The number of aromatic hydroxyl groups is 1. The molecule has 0 saturated carbocycles. The molecule has 0 spiro atoms. The number of benzene rings is 2. The van der Waals surface area contributed by atoms with Gasteiger partial charge in [0.25, 0.3) is 5.91 Å². The Balaban J connectivity index is 1.39. The number of carbonyl (C=O) groups is 2. The number of nitrogens with one attached hydrogen (secondary N) is 3. The summed E-state index contributed by atoms with van der Waals surface area (Å²) in [6.45, 7) is 3.00. The first-order valence-electron chi connectivity index (χ1n) is 15.3. The molecule has 0 aromatic heterocycles. The smallest absolute Gasteiger partial charge is 0.316 e. The highest BCUT2D eigenvalue weighted by Gasteiger charge is 2.07. The van der Waals surface area contributed by atoms with Crippen LogP contribution in [0.25, 0.3) is 11.1 Å². The van der Waals surface area contributed by atoms with Gasteiger partial charge in [-0.3, -0.25) is 4.79 Å². The van der Waals surface area contributed by atoms with Crippen molar-refractivity contribution in [2.75, 3.05) is 13.2 Å². The van der Waals surface area contributed by atoms with Crippen LogP contribution >= 0.6 is 0 Å². The third kappa shape index (κ3) is 15.2. The Kier molecular flexibility index (Phi) is 17.2. The minimum atomic E-state index is -0.265. The first-order chi connectivity index (χ1) is 19.1. The second-order valence-corrected chi connectivity index (χ2v) is 10.5. The Labute approximate surface area is 236 Å². The number of unbranched alkanes of at least 4 members (excludes halogenated alkanes) is 15. The fraction of sp³-hybridized carbons (Fsp3) is 0.576. The number of carbonyl (C=O) groups excluding carboxylic acids is 2. The van der Waals surface area contributed by atoms with E-state index in [1.807, 2.05) is 24.3 Å². The van der Waals surface area contributed by atoms with E-state index >= 15 is 0 Å². The minimum absolute atomic E-state index is 0.0728. The summed E-state index contributed by atoms with van der Waals surface area (Å²) in [4.78, 5) is 24.3. The maximum atomic E-state index is 12.3. The molecule has 0 fully saturated rings. The van der Waals surface area contributed by atoms with Crippen LogP contribution in [0.2, 0.25) is 0 Å². The van der Waals surface area contributed by atoms with E-state index in [2.05, 4.69) is 22.9 Å². The van der Waals surface area contributed by atoms with Gasteiger partial charge in [0.05, 0.1) is 6.67 Å². The lowest BCUT2D eigenvalue weighted by Gasteiger charge is -2.09. The van der Waals surface area contributed by atoms with Crippen molar-refractivity contribution in [2.45, 2.75) is 110 Å².